The Hall–Kier alpha value is -1.32. The normalized spacial score (nSPS) is 23.1. The first-order valence-electron chi connectivity index (χ1n) is 7.56. The van der Waals surface area contributed by atoms with E-state index < -0.39 is 0 Å². The monoisotopic (exact) mass is 262 g/mol. The molecule has 1 saturated carbocycles. The van der Waals surface area contributed by atoms with E-state index >= 15 is 0 Å². The maximum Gasteiger partial charge on any atom is 0.134 e. The molecule has 2 atom stereocenters. The van der Waals surface area contributed by atoms with Crippen LogP contribution in [0.3, 0.4) is 0 Å². The Morgan fingerprint density at radius 2 is 2.00 bits per heavy atom. The number of anilines is 2. The minimum Gasteiger partial charge on any atom is -0.373 e. The van der Waals surface area contributed by atoms with Crippen LogP contribution in [0.1, 0.15) is 51.5 Å². The van der Waals surface area contributed by atoms with Crippen LogP contribution in [0, 0.1) is 5.92 Å². The fourth-order valence-electron chi connectivity index (χ4n) is 3.07. The second-order valence-electron chi connectivity index (χ2n) is 5.44. The van der Waals surface area contributed by atoms with Crippen molar-refractivity contribution in [1.82, 2.24) is 9.97 Å². The Labute approximate surface area is 116 Å². The molecule has 1 aromatic heterocycles. The molecule has 4 nitrogen and oxygen atoms in total. The molecule has 1 heterocycles. The summed E-state index contributed by atoms with van der Waals surface area (Å²) in [5, 5.41) is 6.80. The molecule has 2 N–H and O–H groups in total. The summed E-state index contributed by atoms with van der Waals surface area (Å²) in [4.78, 5) is 8.73. The third kappa shape index (κ3) is 3.37. The third-order valence-corrected chi connectivity index (χ3v) is 4.24. The van der Waals surface area contributed by atoms with Crippen molar-refractivity contribution in [2.45, 2.75) is 58.4 Å². The van der Waals surface area contributed by atoms with Gasteiger partial charge in [-0.3, -0.25) is 0 Å². The predicted molar refractivity (Wildman–Crippen MR) is 80.6 cm³/mol. The van der Waals surface area contributed by atoms with Crippen LogP contribution in [-0.2, 0) is 6.42 Å². The topological polar surface area (TPSA) is 49.8 Å². The SMILES string of the molecule is CCc1c(NC)ncnc1NC1CCCC(CC)C1. The van der Waals surface area contributed by atoms with Gasteiger partial charge in [0.2, 0.25) is 0 Å². The van der Waals surface area contributed by atoms with E-state index in [1.165, 1.54) is 37.7 Å². The fraction of sp³-hybridized carbons (Fsp3) is 0.733. The molecule has 19 heavy (non-hydrogen) atoms. The lowest BCUT2D eigenvalue weighted by Gasteiger charge is -2.30. The second-order valence-corrected chi connectivity index (χ2v) is 5.44. The number of nitrogens with one attached hydrogen (secondary N) is 2. The van der Waals surface area contributed by atoms with Crippen LogP contribution >= 0.6 is 0 Å². The zero-order valence-corrected chi connectivity index (χ0v) is 12.4. The zero-order valence-electron chi connectivity index (χ0n) is 12.4. The van der Waals surface area contributed by atoms with Gasteiger partial charge in [-0.05, 0) is 25.2 Å². The number of nitrogens with zero attached hydrogens (tertiary/aromatic N) is 2. The Kier molecular flexibility index (Phi) is 5.00. The maximum absolute atomic E-state index is 4.44. The van der Waals surface area contributed by atoms with E-state index in [1.54, 1.807) is 6.33 Å². The van der Waals surface area contributed by atoms with Crippen LogP contribution < -0.4 is 10.6 Å². The first kappa shape index (κ1) is 14.1. The van der Waals surface area contributed by atoms with Gasteiger partial charge in [0, 0.05) is 18.7 Å². The molecule has 1 aliphatic rings. The van der Waals surface area contributed by atoms with Gasteiger partial charge in [0.15, 0.2) is 0 Å². The highest BCUT2D eigenvalue weighted by Crippen LogP contribution is 2.29. The first-order valence-corrected chi connectivity index (χ1v) is 7.56. The Morgan fingerprint density at radius 1 is 1.21 bits per heavy atom. The maximum atomic E-state index is 4.44. The highest BCUT2D eigenvalue weighted by Gasteiger charge is 2.22. The van der Waals surface area contributed by atoms with E-state index in [4.69, 9.17) is 0 Å². The summed E-state index contributed by atoms with van der Waals surface area (Å²) in [6.45, 7) is 4.45. The third-order valence-electron chi connectivity index (χ3n) is 4.24. The Morgan fingerprint density at radius 3 is 2.68 bits per heavy atom. The molecule has 106 valence electrons. The van der Waals surface area contributed by atoms with Gasteiger partial charge < -0.3 is 10.6 Å². The predicted octanol–water partition coefficient (Wildman–Crippen LogP) is 3.46. The molecule has 1 fully saturated rings. The van der Waals surface area contributed by atoms with Crippen LogP contribution in [0.15, 0.2) is 6.33 Å². The largest absolute Gasteiger partial charge is 0.373 e. The minimum atomic E-state index is 0.573. The van der Waals surface area contributed by atoms with Gasteiger partial charge in [0.05, 0.1) is 0 Å². The molecule has 4 heteroatoms. The molecule has 1 aromatic rings. The summed E-state index contributed by atoms with van der Waals surface area (Å²) in [6.07, 6.45) is 9.15. The summed E-state index contributed by atoms with van der Waals surface area (Å²) in [6, 6.07) is 0.573. The molecule has 0 bridgehead atoms. The van der Waals surface area contributed by atoms with Crippen LogP contribution in [-0.4, -0.2) is 23.1 Å². The Bertz CT molecular complexity index is 405. The van der Waals surface area contributed by atoms with Crippen molar-refractivity contribution in [3.63, 3.8) is 0 Å². The molecular weight excluding hydrogens is 236 g/mol. The lowest BCUT2D eigenvalue weighted by Crippen LogP contribution is -2.28. The second kappa shape index (κ2) is 6.73. The number of hydrogen-bond acceptors (Lipinski definition) is 4. The number of aromatic nitrogens is 2. The van der Waals surface area contributed by atoms with Gasteiger partial charge in [-0.15, -0.1) is 0 Å². The summed E-state index contributed by atoms with van der Waals surface area (Å²) < 4.78 is 0. The highest BCUT2D eigenvalue weighted by atomic mass is 15.1. The van der Waals surface area contributed by atoms with Crippen LogP contribution in [0.25, 0.3) is 0 Å². The van der Waals surface area contributed by atoms with Gasteiger partial charge in [0.25, 0.3) is 0 Å². The van der Waals surface area contributed by atoms with Crippen LogP contribution in [0.2, 0.25) is 0 Å². The number of rotatable bonds is 5. The van der Waals surface area contributed by atoms with Crippen molar-refractivity contribution in [2.75, 3.05) is 17.7 Å². The lowest BCUT2D eigenvalue weighted by atomic mass is 9.84. The minimum absolute atomic E-state index is 0.573. The molecule has 0 saturated heterocycles. The van der Waals surface area contributed by atoms with Gasteiger partial charge >= 0.3 is 0 Å². The van der Waals surface area contributed by atoms with Gasteiger partial charge in [-0.2, -0.15) is 0 Å². The van der Waals surface area contributed by atoms with Crippen LogP contribution in [0.4, 0.5) is 11.6 Å². The Balaban J connectivity index is 2.10. The van der Waals surface area contributed by atoms with Gasteiger partial charge in [-0.1, -0.05) is 33.1 Å². The molecule has 0 radical (unpaired) electrons. The average Bonchev–Trinajstić information content (AvgIpc) is 2.47. The summed E-state index contributed by atoms with van der Waals surface area (Å²) in [7, 11) is 1.92. The smallest absolute Gasteiger partial charge is 0.134 e. The molecule has 0 amide bonds. The van der Waals surface area contributed by atoms with Crippen molar-refractivity contribution in [3.8, 4) is 0 Å². The first-order chi connectivity index (χ1) is 9.28. The lowest BCUT2D eigenvalue weighted by molar-refractivity contribution is 0.327. The quantitative estimate of drug-likeness (QED) is 0.853. The fourth-order valence-corrected chi connectivity index (χ4v) is 3.07. The van der Waals surface area contributed by atoms with E-state index in [9.17, 15) is 0 Å². The molecule has 0 spiro atoms. The molecular formula is C15H26N4. The molecule has 0 aromatic carbocycles. The number of hydrogen-bond donors (Lipinski definition) is 2. The van der Waals surface area contributed by atoms with Crippen molar-refractivity contribution in [3.05, 3.63) is 11.9 Å². The highest BCUT2D eigenvalue weighted by molar-refractivity contribution is 5.57. The summed E-state index contributed by atoms with van der Waals surface area (Å²) in [5.41, 5.74) is 1.20. The summed E-state index contributed by atoms with van der Waals surface area (Å²) >= 11 is 0. The van der Waals surface area contributed by atoms with E-state index in [1.807, 2.05) is 7.05 Å². The molecule has 1 aliphatic carbocycles. The van der Waals surface area contributed by atoms with Crippen LogP contribution in [0.5, 0.6) is 0 Å². The molecule has 2 rings (SSSR count). The average molecular weight is 262 g/mol. The van der Waals surface area contributed by atoms with E-state index in [2.05, 4.69) is 34.4 Å². The van der Waals surface area contributed by atoms with Crippen molar-refractivity contribution >= 4 is 11.6 Å². The van der Waals surface area contributed by atoms with Gasteiger partial charge in [0.1, 0.15) is 18.0 Å². The molecule has 2 unspecified atom stereocenters. The van der Waals surface area contributed by atoms with E-state index in [0.717, 1.165) is 24.0 Å². The van der Waals surface area contributed by atoms with Crippen molar-refractivity contribution < 1.29 is 0 Å². The summed E-state index contributed by atoms with van der Waals surface area (Å²) in [5.74, 6) is 2.84. The van der Waals surface area contributed by atoms with Gasteiger partial charge in [-0.25, -0.2) is 9.97 Å². The van der Waals surface area contributed by atoms with Crippen molar-refractivity contribution in [2.24, 2.45) is 5.92 Å². The standard InChI is InChI=1S/C15H26N4/c1-4-11-7-6-8-12(9-11)19-15-13(5-2)14(16-3)17-10-18-15/h10-12H,4-9H2,1-3H3,(H2,16,17,18,19). The van der Waals surface area contributed by atoms with Crippen molar-refractivity contribution in [1.29, 1.82) is 0 Å². The van der Waals surface area contributed by atoms with E-state index in [-0.39, 0.29) is 0 Å². The van der Waals surface area contributed by atoms with E-state index in [0.29, 0.717) is 6.04 Å². The molecule has 0 aliphatic heterocycles. The zero-order chi connectivity index (χ0) is 13.7.